The van der Waals surface area contributed by atoms with Crippen molar-refractivity contribution >= 4 is 5.69 Å². The van der Waals surface area contributed by atoms with Gasteiger partial charge < -0.3 is 14.6 Å². The molecule has 2 aromatic carbocycles. The first-order valence-electron chi connectivity index (χ1n) is 7.85. The Hall–Kier alpha value is -2.96. The summed E-state index contributed by atoms with van der Waals surface area (Å²) in [5.41, 5.74) is 2.51. The van der Waals surface area contributed by atoms with E-state index in [0.717, 1.165) is 12.0 Å². The maximum absolute atomic E-state index is 12.4. The van der Waals surface area contributed by atoms with Gasteiger partial charge in [-0.05, 0) is 24.1 Å². The van der Waals surface area contributed by atoms with Crippen molar-refractivity contribution in [2.45, 2.75) is 26.5 Å². The Bertz CT molecular complexity index is 819. The van der Waals surface area contributed by atoms with Gasteiger partial charge in [-0.3, -0.25) is 0 Å². The van der Waals surface area contributed by atoms with E-state index >= 15 is 0 Å². The molecule has 0 aliphatic rings. The van der Waals surface area contributed by atoms with Crippen molar-refractivity contribution < 1.29 is 18.0 Å². The largest absolute Gasteiger partial charge is 0.433 e. The van der Waals surface area contributed by atoms with Gasteiger partial charge in [-0.1, -0.05) is 48.5 Å². The van der Waals surface area contributed by atoms with Crippen molar-refractivity contribution in [2.75, 3.05) is 5.32 Å². The predicted octanol–water partition coefficient (Wildman–Crippen LogP) is 4.51. The lowest BCUT2D eigenvalue weighted by molar-refractivity contribution is -0.0493. The fourth-order valence-electron chi connectivity index (χ4n) is 2.32. The van der Waals surface area contributed by atoms with Crippen LogP contribution in [0.15, 0.2) is 53.1 Å². The summed E-state index contributed by atoms with van der Waals surface area (Å²) in [5, 5.41) is 6.91. The zero-order chi connectivity index (χ0) is 17.6. The molecule has 0 aliphatic carbocycles. The van der Waals surface area contributed by atoms with Crippen LogP contribution >= 0.6 is 0 Å². The van der Waals surface area contributed by atoms with E-state index in [2.05, 4.69) is 27.1 Å². The van der Waals surface area contributed by atoms with Gasteiger partial charge in [0.05, 0.1) is 12.2 Å². The number of halogens is 2. The van der Waals surface area contributed by atoms with Crippen LogP contribution in [0.1, 0.15) is 18.4 Å². The highest BCUT2D eigenvalue weighted by Gasteiger charge is 2.11. The minimum absolute atomic E-state index is 0.0624. The number of aryl methyl sites for hydroxylation is 1. The molecule has 0 amide bonds. The van der Waals surface area contributed by atoms with E-state index in [-0.39, 0.29) is 12.3 Å². The van der Waals surface area contributed by atoms with Crippen LogP contribution < -0.4 is 10.1 Å². The molecule has 3 aromatic rings. The normalized spacial score (nSPS) is 10.9. The zero-order valence-corrected chi connectivity index (χ0v) is 13.6. The SMILES string of the molecule is CCc1ccc(-c2noc(CNc3ccccc3OC(F)F)n2)cc1. The van der Waals surface area contributed by atoms with Crippen molar-refractivity contribution in [2.24, 2.45) is 0 Å². The first kappa shape index (κ1) is 16.9. The Balaban J connectivity index is 1.68. The average molecular weight is 345 g/mol. The fourth-order valence-corrected chi connectivity index (χ4v) is 2.32. The number of nitrogens with zero attached hydrogens (tertiary/aromatic N) is 2. The van der Waals surface area contributed by atoms with Gasteiger partial charge >= 0.3 is 6.61 Å². The first-order valence-corrected chi connectivity index (χ1v) is 7.85. The van der Waals surface area contributed by atoms with Crippen molar-refractivity contribution in [3.8, 4) is 17.1 Å². The Labute approximate surface area is 143 Å². The summed E-state index contributed by atoms with van der Waals surface area (Å²) in [6.07, 6.45) is 0.960. The van der Waals surface area contributed by atoms with E-state index in [1.807, 2.05) is 24.3 Å². The highest BCUT2D eigenvalue weighted by molar-refractivity contribution is 5.57. The molecule has 25 heavy (non-hydrogen) atoms. The topological polar surface area (TPSA) is 60.2 Å². The molecule has 1 N–H and O–H groups in total. The van der Waals surface area contributed by atoms with Gasteiger partial charge in [-0.2, -0.15) is 13.8 Å². The molecule has 0 atom stereocenters. The molecule has 130 valence electrons. The lowest BCUT2D eigenvalue weighted by atomic mass is 10.1. The Morgan fingerprint density at radius 2 is 1.88 bits per heavy atom. The first-order chi connectivity index (χ1) is 12.2. The summed E-state index contributed by atoms with van der Waals surface area (Å²) in [6, 6.07) is 14.3. The van der Waals surface area contributed by atoms with Gasteiger partial charge in [-0.15, -0.1) is 0 Å². The highest BCUT2D eigenvalue weighted by atomic mass is 19.3. The van der Waals surface area contributed by atoms with Gasteiger partial charge in [0.15, 0.2) is 0 Å². The van der Waals surface area contributed by atoms with Crippen molar-refractivity contribution in [1.29, 1.82) is 0 Å². The summed E-state index contributed by atoms with van der Waals surface area (Å²) in [6.45, 7) is -0.601. The third kappa shape index (κ3) is 4.32. The van der Waals surface area contributed by atoms with E-state index in [4.69, 9.17) is 4.52 Å². The highest BCUT2D eigenvalue weighted by Crippen LogP contribution is 2.26. The van der Waals surface area contributed by atoms with Crippen LogP contribution in [0.2, 0.25) is 0 Å². The molecule has 0 unspecified atom stereocenters. The summed E-state index contributed by atoms with van der Waals surface area (Å²) >= 11 is 0. The number of hydrogen-bond acceptors (Lipinski definition) is 5. The fraction of sp³-hybridized carbons (Fsp3) is 0.222. The van der Waals surface area contributed by atoms with Crippen LogP contribution in [0.25, 0.3) is 11.4 Å². The Kier molecular flexibility index (Phi) is 5.23. The number of ether oxygens (including phenoxy) is 1. The molecule has 0 aliphatic heterocycles. The molecule has 7 heteroatoms. The Morgan fingerprint density at radius 1 is 1.12 bits per heavy atom. The second kappa shape index (κ2) is 7.74. The second-order valence-electron chi connectivity index (χ2n) is 5.29. The molecule has 3 rings (SSSR count). The Morgan fingerprint density at radius 3 is 2.60 bits per heavy atom. The number of hydrogen-bond donors (Lipinski definition) is 1. The van der Waals surface area contributed by atoms with Gasteiger partial charge in [0, 0.05) is 5.56 Å². The minimum atomic E-state index is -2.89. The van der Waals surface area contributed by atoms with Crippen LogP contribution in [0.4, 0.5) is 14.5 Å². The number of anilines is 1. The number of alkyl halides is 2. The number of para-hydroxylation sites is 2. The molecule has 5 nitrogen and oxygen atoms in total. The summed E-state index contributed by atoms with van der Waals surface area (Å²) in [7, 11) is 0. The third-order valence-electron chi connectivity index (χ3n) is 3.62. The standard InChI is InChI=1S/C18H17F2N3O2/c1-2-12-7-9-13(10-8-12)17-22-16(25-23-17)11-21-14-5-3-4-6-15(14)24-18(19)20/h3-10,18,21H,2,11H2,1H3. The molecule has 0 saturated carbocycles. The second-order valence-corrected chi connectivity index (χ2v) is 5.29. The van der Waals surface area contributed by atoms with E-state index in [0.29, 0.717) is 17.4 Å². The van der Waals surface area contributed by atoms with Gasteiger partial charge in [0.2, 0.25) is 11.7 Å². The molecule has 0 spiro atoms. The molecule has 1 aromatic heterocycles. The van der Waals surface area contributed by atoms with Crippen LogP contribution in [0.3, 0.4) is 0 Å². The molecule has 1 heterocycles. The lowest BCUT2D eigenvalue weighted by Gasteiger charge is -2.10. The monoisotopic (exact) mass is 345 g/mol. The maximum Gasteiger partial charge on any atom is 0.387 e. The van der Waals surface area contributed by atoms with Crippen LogP contribution in [-0.4, -0.2) is 16.8 Å². The van der Waals surface area contributed by atoms with Crippen LogP contribution in [0, 0.1) is 0 Å². The minimum Gasteiger partial charge on any atom is -0.433 e. The van der Waals surface area contributed by atoms with Gasteiger partial charge in [0.25, 0.3) is 0 Å². The van der Waals surface area contributed by atoms with E-state index in [9.17, 15) is 8.78 Å². The molecular formula is C18H17F2N3O2. The quantitative estimate of drug-likeness (QED) is 0.682. The summed E-state index contributed by atoms with van der Waals surface area (Å²) < 4.78 is 34.5. The number of aromatic nitrogens is 2. The summed E-state index contributed by atoms with van der Waals surface area (Å²) in [5.74, 6) is 0.894. The van der Waals surface area contributed by atoms with Crippen molar-refractivity contribution in [3.05, 3.63) is 60.0 Å². The number of rotatable bonds is 7. The maximum atomic E-state index is 12.4. The lowest BCUT2D eigenvalue weighted by Crippen LogP contribution is -2.06. The zero-order valence-electron chi connectivity index (χ0n) is 13.6. The van der Waals surface area contributed by atoms with E-state index in [1.54, 1.807) is 18.2 Å². The molecular weight excluding hydrogens is 328 g/mol. The molecule has 0 bridgehead atoms. The van der Waals surface area contributed by atoms with E-state index < -0.39 is 6.61 Å². The van der Waals surface area contributed by atoms with Crippen LogP contribution in [0.5, 0.6) is 5.75 Å². The summed E-state index contributed by atoms with van der Waals surface area (Å²) in [4.78, 5) is 4.31. The molecule has 0 radical (unpaired) electrons. The number of nitrogens with one attached hydrogen (secondary N) is 1. The van der Waals surface area contributed by atoms with Crippen molar-refractivity contribution in [1.82, 2.24) is 10.1 Å². The van der Waals surface area contributed by atoms with Gasteiger partial charge in [0.1, 0.15) is 5.75 Å². The van der Waals surface area contributed by atoms with Crippen molar-refractivity contribution in [3.63, 3.8) is 0 Å². The van der Waals surface area contributed by atoms with Gasteiger partial charge in [-0.25, -0.2) is 0 Å². The average Bonchev–Trinajstić information content (AvgIpc) is 3.09. The van der Waals surface area contributed by atoms with Crippen LogP contribution in [-0.2, 0) is 13.0 Å². The molecule has 0 fully saturated rings. The predicted molar refractivity (Wildman–Crippen MR) is 89.5 cm³/mol. The molecule has 0 saturated heterocycles. The van der Waals surface area contributed by atoms with E-state index in [1.165, 1.54) is 11.6 Å². The number of benzene rings is 2. The third-order valence-corrected chi connectivity index (χ3v) is 3.62. The smallest absolute Gasteiger partial charge is 0.387 e.